The predicted molar refractivity (Wildman–Crippen MR) is 119 cm³/mol. The molecule has 0 spiro atoms. The smallest absolute Gasteiger partial charge is 0.272 e. The van der Waals surface area contributed by atoms with Gasteiger partial charge in [0.15, 0.2) is 0 Å². The number of nitrogens with one attached hydrogen (secondary N) is 2. The maximum absolute atomic E-state index is 12.7. The van der Waals surface area contributed by atoms with Crippen LogP contribution in [0.1, 0.15) is 49.3 Å². The lowest BCUT2D eigenvalue weighted by molar-refractivity contribution is 0.0785. The average Bonchev–Trinajstić information content (AvgIpc) is 3.39. The highest BCUT2D eigenvalue weighted by molar-refractivity contribution is 6.76. The topological polar surface area (TPSA) is 79.3 Å². The van der Waals surface area contributed by atoms with E-state index in [2.05, 4.69) is 36.0 Å². The summed E-state index contributed by atoms with van der Waals surface area (Å²) in [7, 11) is -1.16. The zero-order chi connectivity index (χ0) is 20.6. The second-order valence-electron chi connectivity index (χ2n) is 10.2. The van der Waals surface area contributed by atoms with E-state index in [-0.39, 0.29) is 17.7 Å². The first-order valence-electron chi connectivity index (χ1n) is 11.0. The molecule has 0 atom stereocenters. The minimum Gasteiger partial charge on any atom is -0.394 e. The third kappa shape index (κ3) is 4.53. The minimum atomic E-state index is -1.16. The summed E-state index contributed by atoms with van der Waals surface area (Å²) in [5.74, 6) is 0.564. The number of hydrogen-bond donors (Lipinski definition) is 3. The van der Waals surface area contributed by atoms with Crippen molar-refractivity contribution in [3.8, 4) is 0 Å². The first kappa shape index (κ1) is 20.8. The Kier molecular flexibility index (Phi) is 5.76. The molecule has 0 aromatic carbocycles. The van der Waals surface area contributed by atoms with Gasteiger partial charge in [-0.3, -0.25) is 4.79 Å². The molecule has 3 N–H and O–H groups in total. The van der Waals surface area contributed by atoms with Crippen molar-refractivity contribution in [1.82, 2.24) is 14.9 Å². The van der Waals surface area contributed by atoms with Crippen molar-refractivity contribution in [2.45, 2.75) is 82.5 Å². The molecule has 0 radical (unpaired) electrons. The Labute approximate surface area is 173 Å². The first-order chi connectivity index (χ1) is 13.8. The van der Waals surface area contributed by atoms with E-state index in [1.165, 1.54) is 18.4 Å². The molecule has 2 fully saturated rings. The Morgan fingerprint density at radius 1 is 1.34 bits per heavy atom. The number of rotatable bonds is 10. The Morgan fingerprint density at radius 2 is 2.10 bits per heavy atom. The van der Waals surface area contributed by atoms with E-state index in [1.54, 1.807) is 0 Å². The molecule has 29 heavy (non-hydrogen) atoms. The Balaban J connectivity index is 1.61. The molecule has 2 aliphatic rings. The van der Waals surface area contributed by atoms with Gasteiger partial charge >= 0.3 is 0 Å². The maximum atomic E-state index is 12.7. The molecule has 2 aromatic rings. The van der Waals surface area contributed by atoms with Gasteiger partial charge in [0.25, 0.3) is 5.56 Å². The molecule has 6 nitrogen and oxygen atoms in total. The highest BCUT2D eigenvalue weighted by Crippen LogP contribution is 2.43. The number of aromatic nitrogens is 2. The molecule has 2 aliphatic carbocycles. The van der Waals surface area contributed by atoms with E-state index in [9.17, 15) is 9.90 Å². The van der Waals surface area contributed by atoms with Crippen molar-refractivity contribution in [2.24, 2.45) is 0 Å². The highest BCUT2D eigenvalue weighted by Gasteiger charge is 2.36. The average molecular weight is 418 g/mol. The van der Waals surface area contributed by atoms with Crippen LogP contribution in [-0.4, -0.2) is 41.5 Å². The van der Waals surface area contributed by atoms with Crippen molar-refractivity contribution in [3.63, 3.8) is 0 Å². The van der Waals surface area contributed by atoms with Crippen molar-refractivity contribution < 1.29 is 9.84 Å². The van der Waals surface area contributed by atoms with Gasteiger partial charge in [0.05, 0.1) is 6.61 Å². The van der Waals surface area contributed by atoms with E-state index in [0.717, 1.165) is 48.5 Å². The van der Waals surface area contributed by atoms with Crippen molar-refractivity contribution in [3.05, 3.63) is 33.9 Å². The summed E-state index contributed by atoms with van der Waals surface area (Å²) in [6, 6.07) is 3.27. The van der Waals surface area contributed by atoms with Crippen LogP contribution >= 0.6 is 0 Å². The Hall–Kier alpha value is -1.41. The number of pyridine rings is 1. The molecule has 2 aromatic heterocycles. The van der Waals surface area contributed by atoms with Gasteiger partial charge < -0.3 is 24.7 Å². The van der Waals surface area contributed by atoms with Crippen LogP contribution in [0.25, 0.3) is 10.9 Å². The molecule has 0 unspecified atom stereocenters. The van der Waals surface area contributed by atoms with Gasteiger partial charge in [0.1, 0.15) is 12.2 Å². The zero-order valence-electron chi connectivity index (χ0n) is 18.0. The van der Waals surface area contributed by atoms with Gasteiger partial charge in [-0.25, -0.2) is 0 Å². The molecular formula is C22H35N3O3Si. The summed E-state index contributed by atoms with van der Waals surface area (Å²) >= 11 is 0. The number of ether oxygens (including phenoxy) is 1. The Bertz CT molecular complexity index is 914. The van der Waals surface area contributed by atoms with Crippen LogP contribution in [-0.2, 0) is 18.0 Å². The molecule has 160 valence electrons. The van der Waals surface area contributed by atoms with Gasteiger partial charge in [-0.05, 0) is 55.7 Å². The van der Waals surface area contributed by atoms with Crippen molar-refractivity contribution in [2.75, 3.05) is 13.2 Å². The minimum absolute atomic E-state index is 0.0510. The molecule has 2 saturated carbocycles. The number of aliphatic hydroxyl groups excluding tert-OH is 1. The van der Waals surface area contributed by atoms with E-state index in [4.69, 9.17) is 4.74 Å². The SMILES string of the molecule is C[Si](C)(C)CCOCn1c(CNC2(CO)CCC2)cc2c(C3CC3)c[nH]c(=O)c21. The fourth-order valence-electron chi connectivity index (χ4n) is 4.19. The van der Waals surface area contributed by atoms with E-state index >= 15 is 0 Å². The molecule has 0 amide bonds. The fraction of sp³-hybridized carbons (Fsp3) is 0.682. The van der Waals surface area contributed by atoms with Crippen LogP contribution in [0, 0.1) is 0 Å². The number of aromatic amines is 1. The standard InChI is InChI=1S/C22H35N3O3Si/c1-29(2,3)10-9-28-15-25-17(12-24-22(14-26)7-4-8-22)11-18-19(16-5-6-16)13-23-21(27)20(18)25/h11,13,16,24,26H,4-10,12,14-15H2,1-3H3,(H,23,27). The van der Waals surface area contributed by atoms with Crippen LogP contribution in [0.3, 0.4) is 0 Å². The largest absolute Gasteiger partial charge is 0.394 e. The second-order valence-corrected chi connectivity index (χ2v) is 15.8. The lowest BCUT2D eigenvalue weighted by atomic mass is 9.77. The monoisotopic (exact) mass is 417 g/mol. The summed E-state index contributed by atoms with van der Waals surface area (Å²) in [6.45, 7) is 8.95. The molecule has 4 rings (SSSR count). The van der Waals surface area contributed by atoms with Gasteiger partial charge in [-0.1, -0.05) is 19.6 Å². The third-order valence-corrected chi connectivity index (χ3v) is 8.26. The van der Waals surface area contributed by atoms with Crippen molar-refractivity contribution >= 4 is 19.0 Å². The number of nitrogens with zero attached hydrogens (tertiary/aromatic N) is 1. The summed E-state index contributed by atoms with van der Waals surface area (Å²) < 4.78 is 8.08. The fourth-order valence-corrected chi connectivity index (χ4v) is 4.95. The lowest BCUT2D eigenvalue weighted by Crippen LogP contribution is -2.53. The quantitative estimate of drug-likeness (QED) is 0.408. The normalized spacial score (nSPS) is 18.9. The van der Waals surface area contributed by atoms with Gasteiger partial charge in [0, 0.05) is 44.0 Å². The van der Waals surface area contributed by atoms with Gasteiger partial charge in [-0.2, -0.15) is 0 Å². The number of H-pyrrole nitrogens is 1. The van der Waals surface area contributed by atoms with E-state index in [0.29, 0.717) is 19.2 Å². The van der Waals surface area contributed by atoms with Gasteiger partial charge in [-0.15, -0.1) is 0 Å². The molecule has 2 heterocycles. The highest BCUT2D eigenvalue weighted by atomic mass is 28.3. The molecule has 0 saturated heterocycles. The van der Waals surface area contributed by atoms with Crippen LogP contribution in [0.5, 0.6) is 0 Å². The maximum Gasteiger partial charge on any atom is 0.272 e. The van der Waals surface area contributed by atoms with Crippen LogP contribution < -0.4 is 10.9 Å². The van der Waals surface area contributed by atoms with E-state index in [1.807, 2.05) is 10.8 Å². The lowest BCUT2D eigenvalue weighted by Gasteiger charge is -2.41. The van der Waals surface area contributed by atoms with E-state index < -0.39 is 8.07 Å². The van der Waals surface area contributed by atoms with Crippen molar-refractivity contribution in [1.29, 1.82) is 0 Å². The summed E-state index contributed by atoms with van der Waals surface area (Å²) in [5, 5.41) is 14.4. The number of aliphatic hydroxyl groups is 1. The summed E-state index contributed by atoms with van der Waals surface area (Å²) in [6.07, 6.45) is 7.45. The first-order valence-corrected chi connectivity index (χ1v) is 14.7. The zero-order valence-corrected chi connectivity index (χ0v) is 19.0. The van der Waals surface area contributed by atoms with Gasteiger partial charge in [0.2, 0.25) is 0 Å². The Morgan fingerprint density at radius 3 is 2.69 bits per heavy atom. The summed E-state index contributed by atoms with van der Waals surface area (Å²) in [5.41, 5.74) is 2.83. The molecule has 7 heteroatoms. The predicted octanol–water partition coefficient (Wildman–Crippen LogP) is 3.52. The molecular weight excluding hydrogens is 382 g/mol. The van der Waals surface area contributed by atoms with Crippen LogP contribution in [0.15, 0.2) is 17.1 Å². The third-order valence-electron chi connectivity index (χ3n) is 6.56. The van der Waals surface area contributed by atoms with Crippen LogP contribution in [0.4, 0.5) is 0 Å². The number of fused-ring (bicyclic) bond motifs is 1. The molecule has 0 aliphatic heterocycles. The summed E-state index contributed by atoms with van der Waals surface area (Å²) in [4.78, 5) is 15.7. The molecule has 0 bridgehead atoms. The number of hydrogen-bond acceptors (Lipinski definition) is 4. The van der Waals surface area contributed by atoms with Crippen LogP contribution in [0.2, 0.25) is 25.7 Å². The second kappa shape index (κ2) is 8.02.